The second kappa shape index (κ2) is 13.8. The lowest BCUT2D eigenvalue weighted by atomic mass is 9.68. The molecular formula is C63H59N. The lowest BCUT2D eigenvalue weighted by Gasteiger charge is -2.34. The summed E-state index contributed by atoms with van der Waals surface area (Å²) in [5, 5.41) is 0. The molecule has 0 N–H and O–H groups in total. The summed E-state index contributed by atoms with van der Waals surface area (Å²) < 4.78 is 0. The number of fused-ring (bicyclic) bond motifs is 9. The Morgan fingerprint density at radius 1 is 0.344 bits per heavy atom. The van der Waals surface area contributed by atoms with Crippen LogP contribution in [0.15, 0.2) is 176 Å². The quantitative estimate of drug-likeness (QED) is 0.167. The third kappa shape index (κ3) is 5.69. The fourth-order valence-electron chi connectivity index (χ4n) is 12.0. The van der Waals surface area contributed by atoms with Gasteiger partial charge < -0.3 is 4.90 Å². The van der Waals surface area contributed by atoms with E-state index in [1.165, 1.54) is 89.0 Å². The Hall–Kier alpha value is -6.44. The average molecular weight is 830 g/mol. The summed E-state index contributed by atoms with van der Waals surface area (Å²) in [6, 6.07) is 67.2. The van der Waals surface area contributed by atoms with Crippen LogP contribution in [0.2, 0.25) is 0 Å². The number of benzene rings is 8. The van der Waals surface area contributed by atoms with Crippen LogP contribution in [-0.4, -0.2) is 0 Å². The number of anilines is 3. The van der Waals surface area contributed by atoms with Crippen LogP contribution in [0.25, 0.3) is 33.4 Å². The van der Waals surface area contributed by atoms with Crippen molar-refractivity contribution in [2.24, 2.45) is 0 Å². The van der Waals surface area contributed by atoms with Crippen molar-refractivity contribution in [1.82, 2.24) is 0 Å². The lowest BCUT2D eigenvalue weighted by molar-refractivity contribution is 0.545. The van der Waals surface area contributed by atoms with Crippen LogP contribution >= 0.6 is 0 Å². The molecule has 0 saturated carbocycles. The predicted molar refractivity (Wildman–Crippen MR) is 271 cm³/mol. The summed E-state index contributed by atoms with van der Waals surface area (Å²) in [6.07, 6.45) is 0. The molecule has 0 unspecified atom stereocenters. The van der Waals surface area contributed by atoms with E-state index in [4.69, 9.17) is 0 Å². The molecular weight excluding hydrogens is 771 g/mol. The molecule has 11 rings (SSSR count). The van der Waals surface area contributed by atoms with E-state index >= 15 is 0 Å². The molecule has 1 nitrogen and oxygen atoms in total. The molecule has 3 aliphatic rings. The molecule has 0 fully saturated rings. The minimum atomic E-state index is -0.459. The predicted octanol–water partition coefficient (Wildman–Crippen LogP) is 16.7. The van der Waals surface area contributed by atoms with Gasteiger partial charge in [0.1, 0.15) is 0 Å². The second-order valence-corrected chi connectivity index (χ2v) is 21.8. The maximum atomic E-state index is 2.51. The third-order valence-corrected chi connectivity index (χ3v) is 15.2. The largest absolute Gasteiger partial charge is 0.310 e. The maximum absolute atomic E-state index is 2.51. The summed E-state index contributed by atoms with van der Waals surface area (Å²) in [5.74, 6) is 0. The lowest BCUT2D eigenvalue weighted by Crippen LogP contribution is -2.28. The fourth-order valence-corrected chi connectivity index (χ4v) is 12.0. The molecule has 64 heavy (non-hydrogen) atoms. The monoisotopic (exact) mass is 829 g/mol. The molecule has 0 heterocycles. The first-order valence-corrected chi connectivity index (χ1v) is 23.3. The molecule has 0 bridgehead atoms. The van der Waals surface area contributed by atoms with Crippen LogP contribution in [0, 0.1) is 0 Å². The first kappa shape index (κ1) is 40.3. The molecule has 8 aromatic rings. The van der Waals surface area contributed by atoms with Gasteiger partial charge in [0.15, 0.2) is 0 Å². The number of hydrogen-bond donors (Lipinski definition) is 0. The highest BCUT2D eigenvalue weighted by atomic mass is 15.1. The Kier molecular flexibility index (Phi) is 8.69. The Labute approximate surface area is 381 Å². The Bertz CT molecular complexity index is 3120. The van der Waals surface area contributed by atoms with Crippen LogP contribution in [0.3, 0.4) is 0 Å². The zero-order valence-corrected chi connectivity index (χ0v) is 39.2. The fraction of sp³-hybridized carbons (Fsp3) is 0.238. The molecule has 1 heteroatoms. The van der Waals surface area contributed by atoms with Crippen molar-refractivity contribution in [2.75, 3.05) is 4.90 Å². The zero-order valence-electron chi connectivity index (χ0n) is 39.2. The SMILES string of the molecule is CC(C)(C)c1cc2c(c(C(C)(C)C)c1)C(C)(C)c1ccc(N(c3ccc(C4(c5ccccc5)c5ccccc5-c5ccccc54)cc3)c3ccc4c(c3)C(C)(C)c3ccccc3-4)cc1-2. The second-order valence-electron chi connectivity index (χ2n) is 21.8. The molecule has 0 aromatic heterocycles. The van der Waals surface area contributed by atoms with Crippen molar-refractivity contribution in [3.05, 3.63) is 232 Å². The molecule has 316 valence electrons. The molecule has 0 atom stereocenters. The van der Waals surface area contributed by atoms with E-state index in [1.807, 2.05) is 0 Å². The summed E-state index contributed by atoms with van der Waals surface area (Å²) in [7, 11) is 0. The van der Waals surface area contributed by atoms with E-state index in [2.05, 4.69) is 250 Å². The minimum Gasteiger partial charge on any atom is -0.310 e. The number of nitrogens with zero attached hydrogens (tertiary/aromatic N) is 1. The van der Waals surface area contributed by atoms with Gasteiger partial charge in [-0.2, -0.15) is 0 Å². The van der Waals surface area contributed by atoms with Crippen LogP contribution in [0.5, 0.6) is 0 Å². The first-order valence-electron chi connectivity index (χ1n) is 23.3. The Balaban J connectivity index is 1.13. The van der Waals surface area contributed by atoms with Crippen molar-refractivity contribution >= 4 is 17.1 Å². The van der Waals surface area contributed by atoms with Crippen LogP contribution in [0.4, 0.5) is 17.1 Å². The minimum absolute atomic E-state index is 0.00643. The van der Waals surface area contributed by atoms with Crippen molar-refractivity contribution in [1.29, 1.82) is 0 Å². The smallest absolute Gasteiger partial charge is 0.0713 e. The number of hydrogen-bond acceptors (Lipinski definition) is 1. The summed E-state index contributed by atoms with van der Waals surface area (Å²) in [4.78, 5) is 2.51. The average Bonchev–Trinajstić information content (AvgIpc) is 3.81. The van der Waals surface area contributed by atoms with E-state index in [9.17, 15) is 0 Å². The van der Waals surface area contributed by atoms with Gasteiger partial charge in [0.05, 0.1) is 5.41 Å². The highest BCUT2D eigenvalue weighted by Crippen LogP contribution is 2.58. The van der Waals surface area contributed by atoms with Gasteiger partial charge in [0.25, 0.3) is 0 Å². The molecule has 0 radical (unpaired) electrons. The van der Waals surface area contributed by atoms with Gasteiger partial charge in [-0.05, 0) is 136 Å². The van der Waals surface area contributed by atoms with Gasteiger partial charge in [0.2, 0.25) is 0 Å². The van der Waals surface area contributed by atoms with Crippen LogP contribution in [-0.2, 0) is 27.1 Å². The van der Waals surface area contributed by atoms with Gasteiger partial charge in [0, 0.05) is 27.9 Å². The van der Waals surface area contributed by atoms with Crippen molar-refractivity contribution < 1.29 is 0 Å². The van der Waals surface area contributed by atoms with E-state index in [-0.39, 0.29) is 21.7 Å². The molecule has 8 aromatic carbocycles. The van der Waals surface area contributed by atoms with Gasteiger partial charge in [-0.25, -0.2) is 0 Å². The summed E-state index contributed by atoms with van der Waals surface area (Å²) >= 11 is 0. The Morgan fingerprint density at radius 3 is 1.44 bits per heavy atom. The Morgan fingerprint density at radius 2 is 0.828 bits per heavy atom. The van der Waals surface area contributed by atoms with Crippen LogP contribution < -0.4 is 4.90 Å². The molecule has 0 spiro atoms. The van der Waals surface area contributed by atoms with Crippen molar-refractivity contribution in [3.63, 3.8) is 0 Å². The highest BCUT2D eigenvalue weighted by molar-refractivity contribution is 5.91. The van der Waals surface area contributed by atoms with Gasteiger partial charge in [-0.3, -0.25) is 0 Å². The van der Waals surface area contributed by atoms with E-state index in [1.54, 1.807) is 0 Å². The summed E-state index contributed by atoms with van der Waals surface area (Å²) in [6.45, 7) is 23.8. The van der Waals surface area contributed by atoms with Crippen molar-refractivity contribution in [3.8, 4) is 33.4 Å². The normalized spacial score (nSPS) is 15.7. The van der Waals surface area contributed by atoms with Gasteiger partial charge >= 0.3 is 0 Å². The molecule has 0 amide bonds. The van der Waals surface area contributed by atoms with Crippen LogP contribution in [0.1, 0.15) is 125 Å². The van der Waals surface area contributed by atoms with Gasteiger partial charge in [-0.15, -0.1) is 0 Å². The highest BCUT2D eigenvalue weighted by Gasteiger charge is 2.46. The van der Waals surface area contributed by atoms with E-state index in [0.29, 0.717) is 0 Å². The van der Waals surface area contributed by atoms with Gasteiger partial charge in [-0.1, -0.05) is 209 Å². The third-order valence-electron chi connectivity index (χ3n) is 15.2. The summed E-state index contributed by atoms with van der Waals surface area (Å²) in [5.41, 5.74) is 24.4. The first-order chi connectivity index (χ1) is 30.5. The molecule has 3 aliphatic carbocycles. The van der Waals surface area contributed by atoms with E-state index < -0.39 is 5.41 Å². The number of rotatable bonds is 5. The standard InChI is InChI=1S/C63H59N/c1-59(2,3)42-36-51-50-38-44(33-35-53(50)62(9,10)58(51)57(37-42)60(4,5)6)64(45-32-34-49-46-22-14-17-25-52(46)61(7,8)56(49)39-45)43-30-28-41(29-31-43)63(40-20-12-11-13-21-40)54-26-18-15-23-47(54)48-24-16-19-27-55(48)63/h11-39H,1-10H3. The van der Waals surface area contributed by atoms with E-state index in [0.717, 1.165) is 17.1 Å². The van der Waals surface area contributed by atoms with Crippen molar-refractivity contribution in [2.45, 2.75) is 96.3 Å². The molecule has 0 aliphatic heterocycles. The topological polar surface area (TPSA) is 3.24 Å². The molecule has 0 saturated heterocycles. The zero-order chi connectivity index (χ0) is 44.6. The maximum Gasteiger partial charge on any atom is 0.0713 e.